The topological polar surface area (TPSA) is 87.8 Å². The van der Waals surface area contributed by atoms with Crippen LogP contribution < -0.4 is 4.72 Å². The van der Waals surface area contributed by atoms with Crippen molar-refractivity contribution in [3.63, 3.8) is 0 Å². The Hall–Kier alpha value is -2.24. The molecule has 1 aliphatic rings. The first-order valence-corrected chi connectivity index (χ1v) is 8.10. The first kappa shape index (κ1) is 14.7. The van der Waals surface area contributed by atoms with Gasteiger partial charge in [-0.2, -0.15) is 15.1 Å². The van der Waals surface area contributed by atoms with E-state index in [1.165, 1.54) is 16.8 Å². The van der Waals surface area contributed by atoms with Crippen molar-refractivity contribution in [2.45, 2.75) is 30.2 Å². The van der Waals surface area contributed by atoms with Crippen LogP contribution in [0.4, 0.5) is 4.39 Å². The van der Waals surface area contributed by atoms with E-state index in [1.54, 1.807) is 12.4 Å². The molecule has 2 aromatic rings. The zero-order chi connectivity index (χ0) is 16.0. The number of nitrogens with zero attached hydrogens (tertiary/aromatic N) is 3. The normalized spacial score (nSPS) is 16.2. The van der Waals surface area contributed by atoms with Crippen LogP contribution in [0, 0.1) is 24.1 Å². The first-order chi connectivity index (χ1) is 10.4. The number of nitrogens with one attached hydrogen (secondary N) is 1. The third-order valence-electron chi connectivity index (χ3n) is 3.48. The lowest BCUT2D eigenvalue weighted by Gasteiger charge is -2.11. The molecule has 1 fully saturated rings. The maximum absolute atomic E-state index is 14.2. The van der Waals surface area contributed by atoms with Crippen molar-refractivity contribution in [1.82, 2.24) is 14.5 Å². The monoisotopic (exact) mass is 320 g/mol. The molecular formula is C14H13FN4O2S. The summed E-state index contributed by atoms with van der Waals surface area (Å²) in [4.78, 5) is -0.209. The second kappa shape index (κ2) is 4.90. The van der Waals surface area contributed by atoms with E-state index in [0.29, 0.717) is 12.8 Å². The molecule has 1 N–H and O–H groups in total. The lowest BCUT2D eigenvalue weighted by molar-refractivity contribution is 0.566. The van der Waals surface area contributed by atoms with Crippen LogP contribution in [0.3, 0.4) is 0 Å². The Morgan fingerprint density at radius 1 is 1.45 bits per heavy atom. The molecule has 1 heterocycles. The van der Waals surface area contributed by atoms with Gasteiger partial charge in [0.05, 0.1) is 17.2 Å². The third kappa shape index (κ3) is 2.61. The maximum atomic E-state index is 14.2. The summed E-state index contributed by atoms with van der Waals surface area (Å²) in [6, 6.07) is 5.51. The molecule has 1 saturated carbocycles. The third-order valence-corrected chi connectivity index (χ3v) is 5.02. The molecule has 0 unspecified atom stereocenters. The van der Waals surface area contributed by atoms with Crippen LogP contribution in [0.2, 0.25) is 0 Å². The second-order valence-electron chi connectivity index (χ2n) is 5.37. The minimum absolute atomic E-state index is 0.161. The molecule has 3 rings (SSSR count). The van der Waals surface area contributed by atoms with Gasteiger partial charge < -0.3 is 0 Å². The van der Waals surface area contributed by atoms with E-state index in [9.17, 15) is 12.8 Å². The lowest BCUT2D eigenvalue weighted by atomic mass is 10.3. The van der Waals surface area contributed by atoms with Gasteiger partial charge in [-0.1, -0.05) is 0 Å². The Morgan fingerprint density at radius 3 is 2.68 bits per heavy atom. The fourth-order valence-electron chi connectivity index (χ4n) is 2.06. The molecule has 1 aliphatic carbocycles. The van der Waals surface area contributed by atoms with Crippen LogP contribution in [0.5, 0.6) is 0 Å². The molecule has 1 aromatic heterocycles. The highest BCUT2D eigenvalue weighted by molar-refractivity contribution is 7.89. The number of halogens is 1. The van der Waals surface area contributed by atoms with Gasteiger partial charge in [-0.3, -0.25) is 0 Å². The molecule has 0 aliphatic heterocycles. The van der Waals surface area contributed by atoms with Crippen LogP contribution in [-0.2, 0) is 10.0 Å². The van der Waals surface area contributed by atoms with E-state index in [4.69, 9.17) is 5.26 Å². The predicted octanol–water partition coefficient (Wildman–Crippen LogP) is 1.65. The van der Waals surface area contributed by atoms with Gasteiger partial charge in [0.1, 0.15) is 17.0 Å². The second-order valence-corrected chi connectivity index (χ2v) is 7.06. The molecule has 0 saturated heterocycles. The number of aromatic nitrogens is 2. The van der Waals surface area contributed by atoms with Gasteiger partial charge in [-0.25, -0.2) is 17.5 Å². The van der Waals surface area contributed by atoms with Crippen molar-refractivity contribution in [2.24, 2.45) is 0 Å². The van der Waals surface area contributed by atoms with E-state index in [-0.39, 0.29) is 10.6 Å². The Labute approximate surface area is 127 Å². The Balaban J connectivity index is 1.93. The highest BCUT2D eigenvalue weighted by Crippen LogP contribution is 2.36. The van der Waals surface area contributed by atoms with Gasteiger partial charge in [0.25, 0.3) is 0 Å². The minimum atomic E-state index is -3.93. The van der Waals surface area contributed by atoms with E-state index in [2.05, 4.69) is 9.82 Å². The molecule has 1 aromatic carbocycles. The highest BCUT2D eigenvalue weighted by Gasteiger charge is 2.46. The molecule has 0 radical (unpaired) electrons. The fraction of sp³-hybridized carbons (Fsp3) is 0.286. The average molecular weight is 320 g/mol. The van der Waals surface area contributed by atoms with Gasteiger partial charge in [-0.15, -0.1) is 0 Å². The summed E-state index contributed by atoms with van der Waals surface area (Å²) in [6.07, 6.45) is 4.15. The molecule has 0 atom stereocenters. The van der Waals surface area contributed by atoms with Crippen molar-refractivity contribution in [2.75, 3.05) is 0 Å². The summed E-state index contributed by atoms with van der Waals surface area (Å²) in [5.74, 6) is -0.701. The van der Waals surface area contributed by atoms with Gasteiger partial charge in [-0.05, 0) is 43.5 Å². The molecule has 6 nitrogen and oxygen atoms in total. The number of hydrogen-bond acceptors (Lipinski definition) is 4. The molecule has 0 amide bonds. The zero-order valence-corrected chi connectivity index (χ0v) is 12.6. The van der Waals surface area contributed by atoms with Crippen LogP contribution in [0.25, 0.3) is 5.69 Å². The SMILES string of the molecule is Cc1cnn(-c2ccc(S(=O)(=O)NC3(C#N)CC3)cc2F)c1. The molecule has 0 spiro atoms. The van der Waals surface area contributed by atoms with Gasteiger partial charge in [0.2, 0.25) is 10.0 Å². The summed E-state index contributed by atoms with van der Waals surface area (Å²) >= 11 is 0. The van der Waals surface area contributed by atoms with E-state index in [0.717, 1.165) is 11.6 Å². The van der Waals surface area contributed by atoms with Crippen LogP contribution in [0.1, 0.15) is 18.4 Å². The van der Waals surface area contributed by atoms with Crippen LogP contribution in [0.15, 0.2) is 35.5 Å². The van der Waals surface area contributed by atoms with Gasteiger partial charge in [0.15, 0.2) is 0 Å². The average Bonchev–Trinajstić information content (AvgIpc) is 3.10. The summed E-state index contributed by atoms with van der Waals surface area (Å²) in [7, 11) is -3.93. The largest absolute Gasteiger partial charge is 0.242 e. The molecule has 22 heavy (non-hydrogen) atoms. The van der Waals surface area contributed by atoms with Crippen molar-refractivity contribution in [3.8, 4) is 11.8 Å². The Bertz CT molecular complexity index is 878. The highest BCUT2D eigenvalue weighted by atomic mass is 32.2. The van der Waals surface area contributed by atoms with E-state index in [1.807, 2.05) is 13.0 Å². The van der Waals surface area contributed by atoms with E-state index < -0.39 is 21.4 Å². The minimum Gasteiger partial charge on any atom is -0.238 e. The van der Waals surface area contributed by atoms with Crippen LogP contribution in [-0.4, -0.2) is 23.7 Å². The Morgan fingerprint density at radius 2 is 2.18 bits per heavy atom. The summed E-state index contributed by atoms with van der Waals surface area (Å²) < 4.78 is 42.2. The standard InChI is InChI=1S/C14H13FN4O2S/c1-10-7-17-19(8-10)13-3-2-11(6-12(13)15)22(20,21)18-14(9-16)4-5-14/h2-3,6-8,18H,4-5H2,1H3. The first-order valence-electron chi connectivity index (χ1n) is 6.62. The smallest absolute Gasteiger partial charge is 0.238 e. The van der Waals surface area contributed by atoms with E-state index >= 15 is 0 Å². The van der Waals surface area contributed by atoms with Crippen molar-refractivity contribution in [1.29, 1.82) is 5.26 Å². The quantitative estimate of drug-likeness (QED) is 0.928. The van der Waals surface area contributed by atoms with Gasteiger partial charge >= 0.3 is 0 Å². The number of nitriles is 1. The van der Waals surface area contributed by atoms with Crippen molar-refractivity contribution in [3.05, 3.63) is 42.0 Å². The lowest BCUT2D eigenvalue weighted by Crippen LogP contribution is -2.35. The number of sulfonamides is 1. The molecular weight excluding hydrogens is 307 g/mol. The van der Waals surface area contributed by atoms with Gasteiger partial charge in [0, 0.05) is 6.20 Å². The molecule has 0 bridgehead atoms. The Kier molecular flexibility index (Phi) is 3.27. The number of rotatable bonds is 4. The summed E-state index contributed by atoms with van der Waals surface area (Å²) in [6.45, 7) is 1.82. The maximum Gasteiger partial charge on any atom is 0.242 e. The van der Waals surface area contributed by atoms with Crippen molar-refractivity contribution < 1.29 is 12.8 Å². The van der Waals surface area contributed by atoms with Crippen molar-refractivity contribution >= 4 is 10.0 Å². The number of hydrogen-bond donors (Lipinski definition) is 1. The molecule has 114 valence electrons. The predicted molar refractivity (Wildman–Crippen MR) is 76.2 cm³/mol. The summed E-state index contributed by atoms with van der Waals surface area (Å²) in [5.41, 5.74) is -0.0106. The fourth-order valence-corrected chi connectivity index (χ4v) is 3.45. The van der Waals surface area contributed by atoms with Crippen LogP contribution >= 0.6 is 0 Å². The zero-order valence-electron chi connectivity index (χ0n) is 11.7. The number of aryl methyl sites for hydroxylation is 1. The number of benzene rings is 1. The summed E-state index contributed by atoms with van der Waals surface area (Å²) in [5, 5.41) is 12.9. The molecule has 8 heteroatoms.